The third kappa shape index (κ3) is 2.13. The Balaban J connectivity index is 2.18. The number of carboxylic acids is 1. The highest BCUT2D eigenvalue weighted by Crippen LogP contribution is 2.39. The number of ether oxygens (including phenoxy) is 1. The molecular formula is C11H16N2O4S. The fourth-order valence-corrected chi connectivity index (χ4v) is 3.30. The summed E-state index contributed by atoms with van der Waals surface area (Å²) in [6.07, 6.45) is 0.874. The second-order valence-electron chi connectivity index (χ2n) is 4.25. The third-order valence-corrected chi connectivity index (χ3v) is 4.28. The van der Waals surface area contributed by atoms with Gasteiger partial charge in [0, 0.05) is 12.4 Å². The van der Waals surface area contributed by atoms with E-state index in [4.69, 9.17) is 10.5 Å². The highest BCUT2D eigenvalue weighted by atomic mass is 32.2. The van der Waals surface area contributed by atoms with Crippen molar-refractivity contribution in [2.45, 2.75) is 24.8 Å². The molecule has 3 N–H and O–H groups in total. The Morgan fingerprint density at radius 2 is 2.39 bits per heavy atom. The van der Waals surface area contributed by atoms with Gasteiger partial charge in [-0.05, 0) is 12.0 Å². The Hall–Kier alpha value is -1.05. The molecule has 0 aromatic rings. The Kier molecular flexibility index (Phi) is 3.94. The lowest BCUT2D eigenvalue weighted by molar-refractivity contribution is -0.148. The number of carbonyl (C=O) groups excluding carboxylic acids is 1. The maximum absolute atomic E-state index is 11.6. The van der Waals surface area contributed by atoms with E-state index in [2.05, 4.69) is 0 Å². The molecule has 6 nitrogen and oxygen atoms in total. The Morgan fingerprint density at radius 1 is 1.67 bits per heavy atom. The zero-order chi connectivity index (χ0) is 13.3. The molecule has 2 heterocycles. The number of thioether (sulfide) groups is 1. The van der Waals surface area contributed by atoms with Crippen molar-refractivity contribution in [1.29, 1.82) is 0 Å². The molecule has 18 heavy (non-hydrogen) atoms. The van der Waals surface area contributed by atoms with Crippen LogP contribution in [0.25, 0.3) is 0 Å². The smallest absolute Gasteiger partial charge is 0.352 e. The second kappa shape index (κ2) is 5.29. The Bertz CT molecular complexity index is 410. The predicted octanol–water partition coefficient (Wildman–Crippen LogP) is -0.00590. The standard InChI is InChI=1S/C11H16N2O4S/c1-2-3-17-4-6-5-18-10-7(12)9(14)13(10)8(6)11(15)16/h7,10H,2-5,12H2,1H3,(H,15,16)/t7?,10-/m1/s1. The van der Waals surface area contributed by atoms with Crippen molar-refractivity contribution in [1.82, 2.24) is 4.90 Å². The van der Waals surface area contributed by atoms with Gasteiger partial charge in [0.1, 0.15) is 17.1 Å². The number of fused-ring (bicyclic) bond motifs is 1. The SMILES string of the molecule is CCCOCC1=C(C(=O)O)N2C(=O)C(N)[C@H]2SC1. The van der Waals surface area contributed by atoms with Crippen molar-refractivity contribution in [3.8, 4) is 0 Å². The van der Waals surface area contributed by atoms with Crippen LogP contribution in [-0.2, 0) is 14.3 Å². The number of amides is 1. The summed E-state index contributed by atoms with van der Waals surface area (Å²) in [5, 5.41) is 9.00. The predicted molar refractivity (Wildman–Crippen MR) is 66.8 cm³/mol. The molecule has 0 radical (unpaired) electrons. The van der Waals surface area contributed by atoms with Crippen LogP contribution < -0.4 is 5.73 Å². The van der Waals surface area contributed by atoms with Crippen LogP contribution in [0.15, 0.2) is 11.3 Å². The van der Waals surface area contributed by atoms with Crippen LogP contribution in [0, 0.1) is 0 Å². The highest BCUT2D eigenvalue weighted by Gasteiger charge is 2.51. The van der Waals surface area contributed by atoms with Gasteiger partial charge in [-0.1, -0.05) is 6.92 Å². The van der Waals surface area contributed by atoms with Crippen molar-refractivity contribution in [2.24, 2.45) is 5.73 Å². The van der Waals surface area contributed by atoms with E-state index in [0.717, 1.165) is 6.42 Å². The number of carbonyl (C=O) groups is 2. The van der Waals surface area contributed by atoms with Crippen LogP contribution in [0.3, 0.4) is 0 Å². The molecule has 100 valence electrons. The average molecular weight is 272 g/mol. The molecule has 2 aliphatic rings. The zero-order valence-corrected chi connectivity index (χ0v) is 10.9. The number of nitrogens with zero attached hydrogens (tertiary/aromatic N) is 1. The van der Waals surface area contributed by atoms with Gasteiger partial charge in [0.15, 0.2) is 0 Å². The first-order valence-corrected chi connectivity index (χ1v) is 6.86. The number of nitrogens with two attached hydrogens (primary N) is 1. The number of hydrogen-bond acceptors (Lipinski definition) is 5. The Morgan fingerprint density at radius 3 is 3.00 bits per heavy atom. The molecule has 0 aromatic carbocycles. The summed E-state index contributed by atoms with van der Waals surface area (Å²) in [6, 6.07) is -0.581. The van der Waals surface area contributed by atoms with Crippen LogP contribution >= 0.6 is 11.8 Å². The van der Waals surface area contributed by atoms with Gasteiger partial charge in [0.2, 0.25) is 5.91 Å². The minimum Gasteiger partial charge on any atom is -0.477 e. The van der Waals surface area contributed by atoms with Gasteiger partial charge in [0.05, 0.1) is 6.61 Å². The molecule has 0 spiro atoms. The molecule has 0 aliphatic carbocycles. The van der Waals surface area contributed by atoms with Crippen LogP contribution in [-0.4, -0.2) is 52.3 Å². The molecule has 2 rings (SSSR count). The molecule has 0 saturated carbocycles. The number of aliphatic carboxylic acids is 1. The van der Waals surface area contributed by atoms with Gasteiger partial charge in [-0.2, -0.15) is 0 Å². The number of β-lactam (4-membered cyclic amide) rings is 1. The highest BCUT2D eigenvalue weighted by molar-refractivity contribution is 8.00. The number of rotatable bonds is 5. The molecule has 1 unspecified atom stereocenters. The van der Waals surface area contributed by atoms with E-state index in [1.165, 1.54) is 16.7 Å². The number of hydrogen-bond donors (Lipinski definition) is 2. The quantitative estimate of drug-likeness (QED) is 0.540. The van der Waals surface area contributed by atoms with Crippen molar-refractivity contribution >= 4 is 23.6 Å². The minimum absolute atomic E-state index is 0.0570. The summed E-state index contributed by atoms with van der Waals surface area (Å²) in [5.41, 5.74) is 6.35. The van der Waals surface area contributed by atoms with Gasteiger partial charge in [-0.15, -0.1) is 11.8 Å². The maximum Gasteiger partial charge on any atom is 0.352 e. The van der Waals surface area contributed by atoms with Crippen LogP contribution in [0.5, 0.6) is 0 Å². The van der Waals surface area contributed by atoms with Gasteiger partial charge in [0.25, 0.3) is 0 Å². The van der Waals surface area contributed by atoms with Crippen molar-refractivity contribution in [2.75, 3.05) is 19.0 Å². The molecule has 2 aliphatic heterocycles. The summed E-state index contributed by atoms with van der Waals surface area (Å²) in [6.45, 7) is 2.82. The summed E-state index contributed by atoms with van der Waals surface area (Å²) >= 11 is 1.49. The lowest BCUT2D eigenvalue weighted by Crippen LogP contribution is -2.68. The van der Waals surface area contributed by atoms with Gasteiger partial charge >= 0.3 is 5.97 Å². The van der Waals surface area contributed by atoms with E-state index in [1.54, 1.807) is 0 Å². The normalized spacial score (nSPS) is 27.0. The Labute approximate surface area is 109 Å². The largest absolute Gasteiger partial charge is 0.477 e. The van der Waals surface area contributed by atoms with Crippen LogP contribution in [0.4, 0.5) is 0 Å². The van der Waals surface area contributed by atoms with E-state index < -0.39 is 12.0 Å². The average Bonchev–Trinajstić information content (AvgIpc) is 2.37. The maximum atomic E-state index is 11.6. The summed E-state index contributed by atoms with van der Waals surface area (Å²) in [4.78, 5) is 24.2. The van der Waals surface area contributed by atoms with Gasteiger partial charge < -0.3 is 15.6 Å². The molecular weight excluding hydrogens is 256 g/mol. The van der Waals surface area contributed by atoms with Crippen LogP contribution in [0.2, 0.25) is 0 Å². The topological polar surface area (TPSA) is 92.9 Å². The first-order chi connectivity index (χ1) is 8.57. The molecule has 1 amide bonds. The van der Waals surface area contributed by atoms with Crippen molar-refractivity contribution in [3.05, 3.63) is 11.3 Å². The number of carboxylic acid groups (broad SMARTS) is 1. The van der Waals surface area contributed by atoms with E-state index in [1.807, 2.05) is 6.92 Å². The van der Waals surface area contributed by atoms with E-state index in [0.29, 0.717) is 17.9 Å². The molecule has 0 bridgehead atoms. The first-order valence-electron chi connectivity index (χ1n) is 5.81. The van der Waals surface area contributed by atoms with Crippen molar-refractivity contribution < 1.29 is 19.4 Å². The molecule has 1 saturated heterocycles. The fraction of sp³-hybridized carbons (Fsp3) is 0.636. The zero-order valence-electron chi connectivity index (χ0n) is 10.1. The summed E-state index contributed by atoms with van der Waals surface area (Å²) in [7, 11) is 0. The third-order valence-electron chi connectivity index (χ3n) is 2.92. The van der Waals surface area contributed by atoms with E-state index in [9.17, 15) is 14.7 Å². The van der Waals surface area contributed by atoms with E-state index in [-0.39, 0.29) is 23.6 Å². The second-order valence-corrected chi connectivity index (χ2v) is 5.35. The molecule has 1 fully saturated rings. The summed E-state index contributed by atoms with van der Waals surface area (Å²) < 4.78 is 5.37. The lowest BCUT2D eigenvalue weighted by atomic mass is 10.0. The lowest BCUT2D eigenvalue weighted by Gasteiger charge is -2.47. The minimum atomic E-state index is -1.09. The van der Waals surface area contributed by atoms with Gasteiger partial charge in [-0.25, -0.2) is 4.79 Å². The molecule has 2 atom stereocenters. The van der Waals surface area contributed by atoms with E-state index >= 15 is 0 Å². The monoisotopic (exact) mass is 272 g/mol. The first kappa shape index (κ1) is 13.4. The fourth-order valence-electron chi connectivity index (χ4n) is 2.03. The van der Waals surface area contributed by atoms with Crippen molar-refractivity contribution in [3.63, 3.8) is 0 Å². The van der Waals surface area contributed by atoms with Crippen LogP contribution in [0.1, 0.15) is 13.3 Å². The van der Waals surface area contributed by atoms with Gasteiger partial charge in [-0.3, -0.25) is 9.69 Å². The summed E-state index contributed by atoms with van der Waals surface area (Å²) in [5.74, 6) is -0.860. The molecule has 0 aromatic heterocycles. The molecule has 7 heteroatoms.